The van der Waals surface area contributed by atoms with Crippen LogP contribution in [-0.4, -0.2) is 58.8 Å². The molecule has 2 amide bonds. The molecule has 1 unspecified atom stereocenters. The molecule has 0 bridgehead atoms. The van der Waals surface area contributed by atoms with E-state index in [1.165, 1.54) is 0 Å². The van der Waals surface area contributed by atoms with Gasteiger partial charge >= 0.3 is 6.09 Å². The van der Waals surface area contributed by atoms with E-state index in [0.29, 0.717) is 50.0 Å². The molecule has 1 aromatic carbocycles. The van der Waals surface area contributed by atoms with Crippen molar-refractivity contribution >= 4 is 34.4 Å². The molecule has 4 rings (SSSR count). The number of benzene rings is 1. The van der Waals surface area contributed by atoms with Gasteiger partial charge in [0.2, 0.25) is 0 Å². The number of likely N-dealkylation sites (tertiary alicyclic amines) is 1. The Morgan fingerprint density at radius 3 is 2.71 bits per heavy atom. The summed E-state index contributed by atoms with van der Waals surface area (Å²) in [5, 5.41) is 7.20. The number of amides is 2. The van der Waals surface area contributed by atoms with E-state index in [4.69, 9.17) is 9.47 Å². The van der Waals surface area contributed by atoms with Crippen molar-refractivity contribution in [3.63, 3.8) is 0 Å². The molecule has 3 heterocycles. The number of pyridine rings is 1. The number of nitrogens with one attached hydrogen (secondary N) is 2. The smallest absolute Gasteiger partial charge is 0.409 e. The van der Waals surface area contributed by atoms with Crippen molar-refractivity contribution in [1.82, 2.24) is 14.5 Å². The molecule has 1 fully saturated rings. The number of fused-ring (bicyclic) bond motifs is 1. The van der Waals surface area contributed by atoms with Crippen LogP contribution in [0.5, 0.6) is 5.75 Å². The zero-order valence-electron chi connectivity index (χ0n) is 19.8. The van der Waals surface area contributed by atoms with Gasteiger partial charge in [-0.1, -0.05) is 6.07 Å². The van der Waals surface area contributed by atoms with Crippen molar-refractivity contribution < 1.29 is 19.1 Å². The molecule has 0 radical (unpaired) electrons. The third-order valence-corrected chi connectivity index (χ3v) is 5.84. The van der Waals surface area contributed by atoms with Gasteiger partial charge in [-0.3, -0.25) is 4.79 Å². The number of hydrogen-bond acceptors (Lipinski definition) is 6. The van der Waals surface area contributed by atoms with Gasteiger partial charge in [-0.25, -0.2) is 9.78 Å². The van der Waals surface area contributed by atoms with Gasteiger partial charge in [0, 0.05) is 31.1 Å². The van der Waals surface area contributed by atoms with Crippen LogP contribution in [0.1, 0.15) is 37.7 Å². The number of carbonyl (C=O) groups is 2. The highest BCUT2D eigenvalue weighted by atomic mass is 16.6. The third kappa shape index (κ3) is 4.93. The summed E-state index contributed by atoms with van der Waals surface area (Å²) >= 11 is 0. The number of ether oxygens (including phenoxy) is 2. The number of carbonyl (C=O) groups excluding carboxylic acids is 2. The minimum Gasteiger partial charge on any atom is -0.493 e. The number of nitrogens with zero attached hydrogens (tertiary/aromatic N) is 3. The predicted molar refractivity (Wildman–Crippen MR) is 132 cm³/mol. The highest BCUT2D eigenvalue weighted by molar-refractivity contribution is 6.07. The van der Waals surface area contributed by atoms with E-state index in [2.05, 4.69) is 15.6 Å². The van der Waals surface area contributed by atoms with Crippen molar-refractivity contribution in [2.75, 3.05) is 36.9 Å². The predicted octanol–water partition coefficient (Wildman–Crippen LogP) is 4.35. The van der Waals surface area contributed by atoms with Crippen molar-refractivity contribution in [3.8, 4) is 5.75 Å². The third-order valence-electron chi connectivity index (χ3n) is 5.84. The number of anilines is 2. The van der Waals surface area contributed by atoms with Crippen LogP contribution in [-0.2, 0) is 11.3 Å². The van der Waals surface area contributed by atoms with Crippen molar-refractivity contribution in [3.05, 3.63) is 48.3 Å². The number of hydrogen-bond donors (Lipinski definition) is 2. The lowest BCUT2D eigenvalue weighted by molar-refractivity contribution is 0.101. The van der Waals surface area contributed by atoms with Crippen LogP contribution in [0.15, 0.2) is 42.6 Å². The molecule has 180 valence electrons. The quantitative estimate of drug-likeness (QED) is 0.513. The molecule has 3 aromatic rings. The van der Waals surface area contributed by atoms with Crippen LogP contribution in [0.2, 0.25) is 0 Å². The maximum Gasteiger partial charge on any atom is 0.409 e. The van der Waals surface area contributed by atoms with Gasteiger partial charge in [0.1, 0.15) is 17.3 Å². The van der Waals surface area contributed by atoms with Gasteiger partial charge in [0.05, 0.1) is 30.6 Å². The average Bonchev–Trinajstić information content (AvgIpc) is 3.46. The van der Waals surface area contributed by atoms with Gasteiger partial charge in [-0.05, 0) is 57.5 Å². The summed E-state index contributed by atoms with van der Waals surface area (Å²) in [5.74, 6) is 1.26. The van der Waals surface area contributed by atoms with Crippen molar-refractivity contribution in [2.24, 2.45) is 0 Å². The summed E-state index contributed by atoms with van der Waals surface area (Å²) in [6, 6.07) is 11.5. The molecule has 34 heavy (non-hydrogen) atoms. The summed E-state index contributed by atoms with van der Waals surface area (Å²) in [4.78, 5) is 31.1. The monoisotopic (exact) mass is 465 g/mol. The van der Waals surface area contributed by atoms with Crippen LogP contribution in [0.25, 0.3) is 10.9 Å². The van der Waals surface area contributed by atoms with E-state index in [0.717, 1.165) is 23.1 Å². The molecule has 0 saturated carbocycles. The molecule has 2 aromatic heterocycles. The first-order valence-corrected chi connectivity index (χ1v) is 11.7. The molecule has 1 aliphatic heterocycles. The largest absolute Gasteiger partial charge is 0.493 e. The van der Waals surface area contributed by atoms with Gasteiger partial charge in [-0.15, -0.1) is 0 Å². The molecule has 0 aliphatic carbocycles. The lowest BCUT2D eigenvalue weighted by Crippen LogP contribution is -2.32. The Hall–Kier alpha value is -3.75. The fourth-order valence-corrected chi connectivity index (χ4v) is 4.28. The lowest BCUT2D eigenvalue weighted by atomic mass is 10.2. The first kappa shape index (κ1) is 23.4. The molecule has 1 saturated heterocycles. The first-order chi connectivity index (χ1) is 16.5. The zero-order chi connectivity index (χ0) is 24.1. The van der Waals surface area contributed by atoms with E-state index >= 15 is 0 Å². The van der Waals surface area contributed by atoms with Crippen molar-refractivity contribution in [2.45, 2.75) is 39.8 Å². The van der Waals surface area contributed by atoms with Crippen LogP contribution < -0.4 is 15.4 Å². The minimum atomic E-state index is -0.282. The Bertz CT molecular complexity index is 1160. The van der Waals surface area contributed by atoms with E-state index < -0.39 is 0 Å². The zero-order valence-corrected chi connectivity index (χ0v) is 19.8. The van der Waals surface area contributed by atoms with E-state index in [1.807, 2.05) is 54.8 Å². The maximum absolute atomic E-state index is 13.1. The number of aryl methyl sites for hydroxylation is 1. The molecule has 1 aliphatic rings. The Kier molecular flexibility index (Phi) is 7.20. The molecule has 0 spiro atoms. The summed E-state index contributed by atoms with van der Waals surface area (Å²) in [7, 11) is 0. The molecule has 9 heteroatoms. The second kappa shape index (κ2) is 10.5. The average molecular weight is 466 g/mol. The Morgan fingerprint density at radius 2 is 2.00 bits per heavy atom. The molecular formula is C25H31N5O4. The number of rotatable bonds is 8. The van der Waals surface area contributed by atoms with E-state index in [1.54, 1.807) is 18.0 Å². The highest BCUT2D eigenvalue weighted by Crippen LogP contribution is 2.29. The minimum absolute atomic E-state index is 0.108. The Morgan fingerprint density at radius 1 is 1.15 bits per heavy atom. The van der Waals surface area contributed by atoms with Crippen LogP contribution >= 0.6 is 0 Å². The van der Waals surface area contributed by atoms with Crippen molar-refractivity contribution in [1.29, 1.82) is 0 Å². The summed E-state index contributed by atoms with van der Waals surface area (Å²) in [6.07, 6.45) is 2.17. The number of aromatic nitrogens is 2. The van der Waals surface area contributed by atoms with Gasteiger partial charge in [-0.2, -0.15) is 0 Å². The Balaban J connectivity index is 1.42. The second-order valence-electron chi connectivity index (χ2n) is 8.06. The van der Waals surface area contributed by atoms with E-state index in [9.17, 15) is 9.59 Å². The van der Waals surface area contributed by atoms with Crippen LogP contribution in [0.3, 0.4) is 0 Å². The van der Waals surface area contributed by atoms with Gasteiger partial charge in [0.15, 0.2) is 0 Å². The summed E-state index contributed by atoms with van der Waals surface area (Å²) in [5.41, 5.74) is 2.13. The molecule has 9 nitrogen and oxygen atoms in total. The van der Waals surface area contributed by atoms with Crippen LogP contribution in [0.4, 0.5) is 16.3 Å². The molecule has 2 N–H and O–H groups in total. The van der Waals surface area contributed by atoms with Gasteiger partial charge in [0.25, 0.3) is 5.91 Å². The molecule has 1 atom stereocenters. The van der Waals surface area contributed by atoms with Crippen LogP contribution in [0, 0.1) is 0 Å². The summed E-state index contributed by atoms with van der Waals surface area (Å²) in [6.45, 7) is 8.57. The lowest BCUT2D eigenvalue weighted by Gasteiger charge is -2.16. The fraction of sp³-hybridized carbons (Fsp3) is 0.400. The SMILES string of the molecule is CCOC(=O)N1CCC(Nc2ccc(NC(=O)c3cc4c(OCC)cccc4n3CC)cn2)C1. The molecular weight excluding hydrogens is 434 g/mol. The fourth-order valence-electron chi connectivity index (χ4n) is 4.28. The second-order valence-corrected chi connectivity index (χ2v) is 8.06. The highest BCUT2D eigenvalue weighted by Gasteiger charge is 2.27. The van der Waals surface area contributed by atoms with E-state index in [-0.39, 0.29) is 18.0 Å². The Labute approximate surface area is 199 Å². The first-order valence-electron chi connectivity index (χ1n) is 11.7. The summed E-state index contributed by atoms with van der Waals surface area (Å²) < 4.78 is 12.8. The van der Waals surface area contributed by atoms with Gasteiger partial charge < -0.3 is 29.6 Å². The normalized spacial score (nSPS) is 15.4. The topological polar surface area (TPSA) is 97.7 Å². The standard InChI is InChI=1S/C25H31N5O4/c1-4-30-20-8-7-9-22(33-5-2)19(20)14-21(30)24(31)28-17-10-11-23(26-15-17)27-18-12-13-29(16-18)25(32)34-6-3/h7-11,14-15,18H,4-6,12-13,16H2,1-3H3,(H,26,27)(H,28,31). The maximum atomic E-state index is 13.1.